The summed E-state index contributed by atoms with van der Waals surface area (Å²) in [6.07, 6.45) is 5.74. The lowest BCUT2D eigenvalue weighted by Gasteiger charge is -2.34. The first kappa shape index (κ1) is 23.9. The Hall–Kier alpha value is -3.79. The molecular formula is C23H28N6O4. The maximum atomic E-state index is 9.55. The summed E-state index contributed by atoms with van der Waals surface area (Å²) in [5.41, 5.74) is 3.72. The van der Waals surface area contributed by atoms with Crippen LogP contribution in [0.25, 0.3) is 0 Å². The van der Waals surface area contributed by atoms with Crippen LogP contribution in [0.15, 0.2) is 59.9 Å². The number of nitrogens with one attached hydrogen (secondary N) is 1. The molecule has 1 aromatic carbocycles. The van der Waals surface area contributed by atoms with Gasteiger partial charge in [-0.3, -0.25) is 9.89 Å². The third-order valence-electron chi connectivity index (χ3n) is 5.21. The lowest BCUT2D eigenvalue weighted by Crippen LogP contribution is -2.47. The molecule has 4 rings (SSSR count). The Morgan fingerprint density at radius 3 is 2.33 bits per heavy atom. The minimum absolute atomic E-state index is 0.558. The zero-order valence-electron chi connectivity index (χ0n) is 18.3. The van der Waals surface area contributed by atoms with Crippen molar-refractivity contribution in [3.05, 3.63) is 60.4 Å². The van der Waals surface area contributed by atoms with Gasteiger partial charge in [-0.25, -0.2) is 19.6 Å². The molecular weight excluding hydrogens is 424 g/mol. The predicted molar refractivity (Wildman–Crippen MR) is 126 cm³/mol. The van der Waals surface area contributed by atoms with Crippen LogP contribution in [0.5, 0.6) is 0 Å². The van der Waals surface area contributed by atoms with Crippen LogP contribution in [0.1, 0.15) is 12.0 Å². The van der Waals surface area contributed by atoms with E-state index in [2.05, 4.69) is 49.4 Å². The molecule has 0 unspecified atom stereocenters. The molecule has 1 aromatic heterocycles. The lowest BCUT2D eigenvalue weighted by atomic mass is 10.0. The van der Waals surface area contributed by atoms with Crippen molar-refractivity contribution in [2.75, 3.05) is 56.0 Å². The van der Waals surface area contributed by atoms with Crippen molar-refractivity contribution in [2.24, 2.45) is 4.99 Å². The fourth-order valence-electron chi connectivity index (χ4n) is 3.60. The number of aromatic nitrogens is 2. The van der Waals surface area contributed by atoms with Gasteiger partial charge in [0.1, 0.15) is 0 Å². The van der Waals surface area contributed by atoms with E-state index in [1.165, 1.54) is 17.0 Å². The number of hydrogen-bond acceptors (Lipinski definition) is 8. The highest BCUT2D eigenvalue weighted by molar-refractivity contribution is 6.06. The Balaban J connectivity index is 0.000000331. The zero-order valence-corrected chi connectivity index (χ0v) is 18.3. The van der Waals surface area contributed by atoms with Gasteiger partial charge in [0.2, 0.25) is 5.95 Å². The number of carboxylic acid groups (broad SMARTS) is 2. The number of aliphatic imine (C=N–C) groups is 1. The van der Waals surface area contributed by atoms with E-state index in [-0.39, 0.29) is 0 Å². The van der Waals surface area contributed by atoms with E-state index in [9.17, 15) is 9.59 Å². The second-order valence-corrected chi connectivity index (χ2v) is 7.44. The summed E-state index contributed by atoms with van der Waals surface area (Å²) < 4.78 is 0. The highest BCUT2D eigenvalue weighted by atomic mass is 16.4. The topological polar surface area (TPSA) is 131 Å². The fourth-order valence-corrected chi connectivity index (χ4v) is 3.60. The number of piperazine rings is 1. The number of nitrogens with zero attached hydrogens (tertiary/aromatic N) is 5. The summed E-state index contributed by atoms with van der Waals surface area (Å²) >= 11 is 0. The molecule has 0 amide bonds. The van der Waals surface area contributed by atoms with E-state index in [4.69, 9.17) is 15.2 Å². The third kappa shape index (κ3) is 7.69. The molecule has 0 spiro atoms. The SMILES string of the molecule is O=C(O)C=CC(=O)O.c1cnc(N2CCN(CCN=C3CCNc4ccccc43)CC2)nc1. The summed E-state index contributed by atoms with van der Waals surface area (Å²) in [5, 5.41) is 19.1. The monoisotopic (exact) mass is 452 g/mol. The van der Waals surface area contributed by atoms with Crippen molar-refractivity contribution < 1.29 is 19.8 Å². The predicted octanol–water partition coefficient (Wildman–Crippen LogP) is 1.62. The highest BCUT2D eigenvalue weighted by Gasteiger charge is 2.18. The lowest BCUT2D eigenvalue weighted by molar-refractivity contribution is -0.134. The molecule has 3 N–H and O–H groups in total. The smallest absolute Gasteiger partial charge is 0.328 e. The summed E-state index contributed by atoms with van der Waals surface area (Å²) in [7, 11) is 0. The highest BCUT2D eigenvalue weighted by Crippen LogP contribution is 2.21. The summed E-state index contributed by atoms with van der Waals surface area (Å²) in [4.78, 5) is 37.4. The Kier molecular flexibility index (Phi) is 8.89. The number of para-hydroxylation sites is 1. The van der Waals surface area contributed by atoms with E-state index in [1.807, 2.05) is 18.5 Å². The maximum absolute atomic E-state index is 9.55. The molecule has 10 heteroatoms. The maximum Gasteiger partial charge on any atom is 0.328 e. The molecule has 174 valence electrons. The number of aliphatic carboxylic acids is 2. The minimum atomic E-state index is -1.26. The van der Waals surface area contributed by atoms with E-state index < -0.39 is 11.9 Å². The van der Waals surface area contributed by atoms with Gasteiger partial charge in [0.25, 0.3) is 0 Å². The van der Waals surface area contributed by atoms with Crippen LogP contribution in [0.3, 0.4) is 0 Å². The number of rotatable bonds is 6. The number of carbonyl (C=O) groups is 2. The van der Waals surface area contributed by atoms with Crippen molar-refractivity contribution in [1.29, 1.82) is 0 Å². The summed E-state index contributed by atoms with van der Waals surface area (Å²) in [6, 6.07) is 10.3. The Labute approximate surface area is 192 Å². The van der Waals surface area contributed by atoms with E-state index in [0.29, 0.717) is 12.2 Å². The Morgan fingerprint density at radius 1 is 1.00 bits per heavy atom. The van der Waals surface area contributed by atoms with Crippen LogP contribution in [-0.2, 0) is 9.59 Å². The first-order valence-electron chi connectivity index (χ1n) is 10.8. The van der Waals surface area contributed by atoms with E-state index >= 15 is 0 Å². The molecule has 0 saturated carbocycles. The molecule has 0 aliphatic carbocycles. The quantitative estimate of drug-likeness (QED) is 0.559. The van der Waals surface area contributed by atoms with Crippen molar-refractivity contribution >= 4 is 29.3 Å². The zero-order chi connectivity index (χ0) is 23.5. The third-order valence-corrected chi connectivity index (χ3v) is 5.21. The van der Waals surface area contributed by atoms with Crippen LogP contribution < -0.4 is 10.2 Å². The Morgan fingerprint density at radius 2 is 1.67 bits per heavy atom. The van der Waals surface area contributed by atoms with Crippen LogP contribution in [0.4, 0.5) is 11.6 Å². The minimum Gasteiger partial charge on any atom is -0.478 e. The van der Waals surface area contributed by atoms with Crippen LogP contribution in [-0.4, -0.2) is 88.5 Å². The molecule has 2 aromatic rings. The van der Waals surface area contributed by atoms with Gasteiger partial charge in [-0.2, -0.15) is 0 Å². The number of carboxylic acids is 2. The van der Waals surface area contributed by atoms with Crippen LogP contribution in [0, 0.1) is 0 Å². The molecule has 2 aliphatic heterocycles. The van der Waals surface area contributed by atoms with Gasteiger partial charge in [-0.1, -0.05) is 18.2 Å². The molecule has 1 fully saturated rings. The van der Waals surface area contributed by atoms with Gasteiger partial charge in [-0.15, -0.1) is 0 Å². The van der Waals surface area contributed by atoms with Crippen molar-refractivity contribution in [1.82, 2.24) is 14.9 Å². The summed E-state index contributed by atoms with van der Waals surface area (Å²) in [5.74, 6) is -1.67. The van der Waals surface area contributed by atoms with Gasteiger partial charge in [0, 0.05) is 87.2 Å². The molecule has 10 nitrogen and oxygen atoms in total. The largest absolute Gasteiger partial charge is 0.478 e. The number of fused-ring (bicyclic) bond motifs is 1. The van der Waals surface area contributed by atoms with Gasteiger partial charge >= 0.3 is 11.9 Å². The molecule has 1 saturated heterocycles. The van der Waals surface area contributed by atoms with Gasteiger partial charge < -0.3 is 20.4 Å². The number of hydrogen-bond donors (Lipinski definition) is 3. The molecule has 0 radical (unpaired) electrons. The normalized spacial score (nSPS) is 17.1. The van der Waals surface area contributed by atoms with Crippen LogP contribution >= 0.6 is 0 Å². The second kappa shape index (κ2) is 12.3. The molecule has 3 heterocycles. The number of anilines is 2. The molecule has 33 heavy (non-hydrogen) atoms. The average Bonchev–Trinajstić information content (AvgIpc) is 2.84. The Bertz CT molecular complexity index is 971. The standard InChI is InChI=1S/C19H24N6.C4H4O4/c1-2-5-17-16(4-1)18(6-9-20-17)21-10-11-24-12-14-25(15-13-24)19-22-7-3-8-23-19;5-3(6)1-2-4(7)8/h1-5,7-8,20H,6,9-15H2;1-2H,(H,5,6)(H,7,8). The fraction of sp³-hybridized carbons (Fsp3) is 0.348. The van der Waals surface area contributed by atoms with Gasteiger partial charge in [-0.05, 0) is 12.1 Å². The first-order valence-corrected chi connectivity index (χ1v) is 10.8. The van der Waals surface area contributed by atoms with Crippen LogP contribution in [0.2, 0.25) is 0 Å². The summed E-state index contributed by atoms with van der Waals surface area (Å²) in [6.45, 7) is 6.91. The van der Waals surface area contributed by atoms with Crippen molar-refractivity contribution in [3.63, 3.8) is 0 Å². The van der Waals surface area contributed by atoms with Gasteiger partial charge in [0.15, 0.2) is 0 Å². The second-order valence-electron chi connectivity index (χ2n) is 7.44. The number of benzene rings is 1. The molecule has 0 atom stereocenters. The average molecular weight is 453 g/mol. The van der Waals surface area contributed by atoms with E-state index in [0.717, 1.165) is 58.2 Å². The molecule has 0 bridgehead atoms. The first-order chi connectivity index (χ1) is 16.0. The van der Waals surface area contributed by atoms with Crippen molar-refractivity contribution in [2.45, 2.75) is 6.42 Å². The van der Waals surface area contributed by atoms with Gasteiger partial charge in [0.05, 0.1) is 6.54 Å². The van der Waals surface area contributed by atoms with E-state index in [1.54, 1.807) is 0 Å². The molecule has 2 aliphatic rings. The van der Waals surface area contributed by atoms with Crippen molar-refractivity contribution in [3.8, 4) is 0 Å².